The van der Waals surface area contributed by atoms with Crippen LogP contribution >= 0.6 is 0 Å². The Morgan fingerprint density at radius 3 is 2.32 bits per heavy atom. The van der Waals surface area contributed by atoms with Crippen LogP contribution in [-0.2, 0) is 20.1 Å². The minimum Gasteiger partial charge on any atom is -0.385 e. The maximum Gasteiger partial charge on any atom is 0.166 e. The fraction of sp³-hybridized carbons (Fsp3) is 0.739. The lowest BCUT2D eigenvalue weighted by Gasteiger charge is -2.51. The van der Waals surface area contributed by atoms with Crippen molar-refractivity contribution in [1.29, 1.82) is 0 Å². The molecule has 0 radical (unpaired) electrons. The number of ether oxygens (including phenoxy) is 1. The van der Waals surface area contributed by atoms with E-state index in [1.807, 2.05) is 4.90 Å². The Labute approximate surface area is 187 Å². The maximum absolute atomic E-state index is 11.7. The number of methoxy groups -OCH3 is 1. The summed E-state index contributed by atoms with van der Waals surface area (Å²) in [5, 5.41) is 11.1. The zero-order valence-corrected chi connectivity index (χ0v) is 20.3. The molecule has 2 fully saturated rings. The standard InChI is InChI=1S/C23H39N3O4S/c1-24(2)23(20-9-6-5-7-10-20)13-11-22(12-14-23)19-25(16-18-31(4,28)29)21(27)26(22)15-8-17-30-3/h5-7,9-10,21,27H,8,11-19H2,1-4H3/t21?,22-,23+. The van der Waals surface area contributed by atoms with Gasteiger partial charge in [0.1, 0.15) is 9.84 Å². The molecule has 2 aliphatic rings. The van der Waals surface area contributed by atoms with Crippen molar-refractivity contribution in [2.75, 3.05) is 59.5 Å². The van der Waals surface area contributed by atoms with Gasteiger partial charge in [0, 0.05) is 50.7 Å². The molecule has 1 spiro atoms. The molecule has 1 aromatic rings. The van der Waals surface area contributed by atoms with Crippen molar-refractivity contribution in [3.63, 3.8) is 0 Å². The molecule has 1 N–H and O–H groups in total. The number of hydrogen-bond acceptors (Lipinski definition) is 7. The molecule has 31 heavy (non-hydrogen) atoms. The Balaban J connectivity index is 1.82. The van der Waals surface area contributed by atoms with Crippen molar-refractivity contribution in [2.45, 2.75) is 49.5 Å². The summed E-state index contributed by atoms with van der Waals surface area (Å²) in [5.41, 5.74) is 1.18. The Kier molecular flexibility index (Phi) is 7.82. The van der Waals surface area contributed by atoms with E-state index >= 15 is 0 Å². The van der Waals surface area contributed by atoms with Gasteiger partial charge < -0.3 is 9.84 Å². The number of nitrogens with zero attached hydrogens (tertiary/aromatic N) is 3. The Hall–Kier alpha value is -1.03. The smallest absolute Gasteiger partial charge is 0.166 e. The highest BCUT2D eigenvalue weighted by Gasteiger charge is 2.54. The van der Waals surface area contributed by atoms with Crippen molar-refractivity contribution in [3.05, 3.63) is 35.9 Å². The highest BCUT2D eigenvalue weighted by Crippen LogP contribution is 2.49. The number of aliphatic hydroxyl groups excluding tert-OH is 1. The van der Waals surface area contributed by atoms with Crippen LogP contribution < -0.4 is 0 Å². The summed E-state index contributed by atoms with van der Waals surface area (Å²) in [6, 6.07) is 10.7. The first-order valence-corrected chi connectivity index (χ1v) is 13.3. The molecule has 7 nitrogen and oxygen atoms in total. The van der Waals surface area contributed by atoms with Crippen molar-refractivity contribution in [1.82, 2.24) is 14.7 Å². The van der Waals surface area contributed by atoms with Crippen LogP contribution in [0.25, 0.3) is 0 Å². The van der Waals surface area contributed by atoms with E-state index in [-0.39, 0.29) is 16.8 Å². The second kappa shape index (κ2) is 9.85. The van der Waals surface area contributed by atoms with E-state index in [4.69, 9.17) is 4.74 Å². The van der Waals surface area contributed by atoms with Gasteiger partial charge in [0.2, 0.25) is 0 Å². The SMILES string of the molecule is COCCCN1C(O)N(CCS(C)(=O)=O)C[C@]12CC[C@](c1ccccc1)(N(C)C)CC2. The summed E-state index contributed by atoms with van der Waals surface area (Å²) >= 11 is 0. The average molecular weight is 454 g/mol. The molecule has 3 rings (SSSR count). The van der Waals surface area contributed by atoms with Gasteiger partial charge >= 0.3 is 0 Å². The first-order valence-electron chi connectivity index (χ1n) is 11.2. The predicted octanol–water partition coefficient (Wildman–Crippen LogP) is 1.73. The summed E-state index contributed by atoms with van der Waals surface area (Å²) in [6.07, 6.45) is 5.26. The highest BCUT2D eigenvalue weighted by atomic mass is 32.2. The summed E-state index contributed by atoms with van der Waals surface area (Å²) in [6.45, 7) is 2.45. The summed E-state index contributed by atoms with van der Waals surface area (Å²) in [7, 11) is 2.93. The van der Waals surface area contributed by atoms with Crippen LogP contribution in [0, 0.1) is 0 Å². The lowest BCUT2D eigenvalue weighted by Crippen LogP contribution is -2.56. The van der Waals surface area contributed by atoms with Crippen LogP contribution in [0.1, 0.15) is 37.7 Å². The molecule has 8 heteroatoms. The van der Waals surface area contributed by atoms with Crippen molar-refractivity contribution >= 4 is 9.84 Å². The van der Waals surface area contributed by atoms with Crippen LogP contribution in [-0.4, -0.2) is 99.6 Å². The normalized spacial score (nSPS) is 30.5. The largest absolute Gasteiger partial charge is 0.385 e. The molecule has 1 aliphatic heterocycles. The third kappa shape index (κ3) is 5.31. The van der Waals surface area contributed by atoms with E-state index in [0.29, 0.717) is 19.7 Å². The van der Waals surface area contributed by atoms with E-state index in [1.54, 1.807) is 7.11 Å². The zero-order valence-electron chi connectivity index (χ0n) is 19.5. The molecule has 176 valence electrons. The van der Waals surface area contributed by atoms with E-state index < -0.39 is 16.2 Å². The topological polar surface area (TPSA) is 73.3 Å². The first kappa shape index (κ1) is 24.6. The molecule has 0 amide bonds. The van der Waals surface area contributed by atoms with Gasteiger partial charge in [-0.1, -0.05) is 30.3 Å². The van der Waals surface area contributed by atoms with Crippen LogP contribution in [0.15, 0.2) is 30.3 Å². The van der Waals surface area contributed by atoms with Gasteiger partial charge in [-0.2, -0.15) is 0 Å². The second-order valence-electron chi connectivity index (χ2n) is 9.50. The molecule has 1 heterocycles. The lowest BCUT2D eigenvalue weighted by atomic mass is 9.68. The number of aliphatic hydroxyl groups is 1. The Morgan fingerprint density at radius 1 is 1.13 bits per heavy atom. The number of hydrogen-bond donors (Lipinski definition) is 1. The van der Waals surface area contributed by atoms with Crippen LogP contribution in [0.5, 0.6) is 0 Å². The van der Waals surface area contributed by atoms with E-state index in [0.717, 1.165) is 38.6 Å². The summed E-state index contributed by atoms with van der Waals surface area (Å²) < 4.78 is 28.7. The molecular weight excluding hydrogens is 414 g/mol. The van der Waals surface area contributed by atoms with Crippen molar-refractivity contribution in [3.8, 4) is 0 Å². The quantitative estimate of drug-likeness (QED) is 0.571. The minimum atomic E-state index is -3.08. The molecule has 1 atom stereocenters. The van der Waals surface area contributed by atoms with E-state index in [1.165, 1.54) is 11.8 Å². The number of sulfone groups is 1. The van der Waals surface area contributed by atoms with Crippen molar-refractivity contribution in [2.24, 2.45) is 0 Å². The second-order valence-corrected chi connectivity index (χ2v) is 11.8. The molecule has 1 aromatic carbocycles. The molecule has 1 aliphatic carbocycles. The highest BCUT2D eigenvalue weighted by molar-refractivity contribution is 7.90. The molecule has 1 unspecified atom stereocenters. The van der Waals surface area contributed by atoms with Crippen molar-refractivity contribution < 1.29 is 18.3 Å². The molecular formula is C23H39N3O4S. The third-order valence-corrected chi connectivity index (χ3v) is 8.31. The van der Waals surface area contributed by atoms with Crippen LogP contribution in [0.4, 0.5) is 0 Å². The predicted molar refractivity (Wildman–Crippen MR) is 123 cm³/mol. The van der Waals surface area contributed by atoms with E-state index in [9.17, 15) is 13.5 Å². The monoisotopic (exact) mass is 453 g/mol. The Bertz CT molecular complexity index is 807. The minimum absolute atomic E-state index is 0.0180. The Morgan fingerprint density at radius 2 is 1.77 bits per heavy atom. The zero-order chi connectivity index (χ0) is 22.7. The van der Waals surface area contributed by atoms with E-state index in [2.05, 4.69) is 54.2 Å². The third-order valence-electron chi connectivity index (χ3n) is 7.38. The van der Waals surface area contributed by atoms with Gasteiger partial charge in [0.05, 0.1) is 5.75 Å². The lowest BCUT2D eigenvalue weighted by molar-refractivity contribution is -0.0920. The van der Waals surface area contributed by atoms with Gasteiger partial charge in [0.15, 0.2) is 6.35 Å². The molecule has 1 saturated heterocycles. The summed E-state index contributed by atoms with van der Waals surface area (Å²) in [4.78, 5) is 6.50. The molecule has 0 bridgehead atoms. The first-order chi connectivity index (χ1) is 14.6. The molecule has 0 aromatic heterocycles. The fourth-order valence-electron chi connectivity index (χ4n) is 5.52. The number of rotatable bonds is 9. The summed E-state index contributed by atoms with van der Waals surface area (Å²) in [5.74, 6) is 0.0672. The van der Waals surface area contributed by atoms with Gasteiger partial charge in [-0.05, 0) is 51.8 Å². The van der Waals surface area contributed by atoms with Gasteiger partial charge in [-0.15, -0.1) is 0 Å². The van der Waals surface area contributed by atoms with Crippen LogP contribution in [0.2, 0.25) is 0 Å². The van der Waals surface area contributed by atoms with Crippen LogP contribution in [0.3, 0.4) is 0 Å². The maximum atomic E-state index is 11.7. The van der Waals surface area contributed by atoms with Gasteiger partial charge in [-0.3, -0.25) is 14.7 Å². The molecule has 1 saturated carbocycles. The van der Waals surface area contributed by atoms with Gasteiger partial charge in [-0.25, -0.2) is 8.42 Å². The number of benzene rings is 1. The average Bonchev–Trinajstić information content (AvgIpc) is 2.99. The van der Waals surface area contributed by atoms with Gasteiger partial charge in [0.25, 0.3) is 0 Å². The fourth-order valence-corrected chi connectivity index (χ4v) is 6.08.